The van der Waals surface area contributed by atoms with Crippen LogP contribution in [-0.4, -0.2) is 25.6 Å². The van der Waals surface area contributed by atoms with Crippen molar-refractivity contribution in [3.63, 3.8) is 0 Å². The molecule has 1 aromatic carbocycles. The van der Waals surface area contributed by atoms with E-state index in [4.69, 9.17) is 5.02 Å². The molecule has 1 fully saturated rings. The lowest BCUT2D eigenvalue weighted by Gasteiger charge is -2.18. The molecule has 0 aliphatic carbocycles. The van der Waals surface area contributed by atoms with Crippen LogP contribution in [0.5, 0.6) is 0 Å². The minimum Gasteiger partial charge on any atom is -0.449 e. The molecular weight excluding hydrogens is 241 g/mol. The van der Waals surface area contributed by atoms with Gasteiger partial charge in [0.2, 0.25) is 0 Å². The number of halogens is 1. The van der Waals surface area contributed by atoms with Crippen LogP contribution < -0.4 is 10.4 Å². The van der Waals surface area contributed by atoms with Gasteiger partial charge in [0.15, 0.2) is 0 Å². The Labute approximate surface area is 93.3 Å². The van der Waals surface area contributed by atoms with E-state index in [2.05, 4.69) is 33.0 Å². The number of nitrogens with zero attached hydrogens (tertiary/aromatic N) is 1. The molecule has 14 heavy (non-hydrogen) atoms. The molecule has 0 aromatic heterocycles. The maximum Gasteiger partial charge on any atom is 0.304 e. The van der Waals surface area contributed by atoms with Gasteiger partial charge in [0, 0.05) is 23.2 Å². The molecule has 1 heterocycles. The molecule has 0 unspecified atom stereocenters. The molecule has 1 aliphatic rings. The molecule has 1 saturated heterocycles. The Bertz CT molecular complexity index is 326. The molecule has 0 bridgehead atoms. The third-order valence-corrected chi connectivity index (χ3v) is 3.05. The molecule has 2 nitrogen and oxygen atoms in total. The standard InChI is InChI=1S/C10H13BBrNO/c12-9-5-8(11-14)6-10(7-9)13-3-1-2-4-13/h5-7,11,14H,1-4H2. The third kappa shape index (κ3) is 2.12. The quantitative estimate of drug-likeness (QED) is 0.796. The summed E-state index contributed by atoms with van der Waals surface area (Å²) in [5.41, 5.74) is 2.20. The zero-order valence-corrected chi connectivity index (χ0v) is 9.63. The van der Waals surface area contributed by atoms with Crippen LogP contribution in [0, 0.1) is 0 Å². The smallest absolute Gasteiger partial charge is 0.304 e. The maximum absolute atomic E-state index is 9.09. The number of hydrogen-bond acceptors (Lipinski definition) is 2. The summed E-state index contributed by atoms with van der Waals surface area (Å²) < 4.78 is 1.05. The van der Waals surface area contributed by atoms with Gasteiger partial charge in [-0.15, -0.1) is 0 Å². The van der Waals surface area contributed by atoms with Crippen molar-refractivity contribution in [1.29, 1.82) is 0 Å². The fourth-order valence-electron chi connectivity index (χ4n) is 1.88. The highest BCUT2D eigenvalue weighted by atomic mass is 79.9. The van der Waals surface area contributed by atoms with Crippen LogP contribution in [0.4, 0.5) is 5.69 Å². The summed E-state index contributed by atoms with van der Waals surface area (Å²) in [5.74, 6) is 0. The number of hydrogen-bond donors (Lipinski definition) is 1. The highest BCUT2D eigenvalue weighted by Gasteiger charge is 2.13. The van der Waals surface area contributed by atoms with E-state index < -0.39 is 0 Å². The Kier molecular flexibility index (Phi) is 3.13. The predicted molar refractivity (Wildman–Crippen MR) is 64.6 cm³/mol. The fraction of sp³-hybridized carbons (Fsp3) is 0.400. The Morgan fingerprint density at radius 2 is 1.93 bits per heavy atom. The van der Waals surface area contributed by atoms with Crippen molar-refractivity contribution in [3.8, 4) is 0 Å². The molecule has 0 atom stereocenters. The molecule has 1 aliphatic heterocycles. The zero-order chi connectivity index (χ0) is 9.97. The van der Waals surface area contributed by atoms with Crippen molar-refractivity contribution in [2.24, 2.45) is 0 Å². The lowest BCUT2D eigenvalue weighted by Crippen LogP contribution is -2.21. The summed E-state index contributed by atoms with van der Waals surface area (Å²) in [6.45, 7) is 2.28. The highest BCUT2D eigenvalue weighted by Crippen LogP contribution is 2.22. The third-order valence-electron chi connectivity index (χ3n) is 2.60. The fourth-order valence-corrected chi connectivity index (χ4v) is 2.41. The van der Waals surface area contributed by atoms with Gasteiger partial charge in [-0.2, -0.15) is 0 Å². The van der Waals surface area contributed by atoms with Crippen molar-refractivity contribution >= 4 is 34.6 Å². The first-order chi connectivity index (χ1) is 6.79. The van der Waals surface area contributed by atoms with Gasteiger partial charge >= 0.3 is 7.48 Å². The summed E-state index contributed by atoms with van der Waals surface area (Å²) in [6.07, 6.45) is 2.56. The van der Waals surface area contributed by atoms with E-state index in [1.54, 1.807) is 0 Å². The molecule has 74 valence electrons. The summed E-state index contributed by atoms with van der Waals surface area (Å²) in [5, 5.41) is 9.09. The Hall–Kier alpha value is -0.475. The van der Waals surface area contributed by atoms with Crippen LogP contribution in [0.1, 0.15) is 12.8 Å². The topological polar surface area (TPSA) is 23.5 Å². The van der Waals surface area contributed by atoms with Crippen LogP contribution >= 0.6 is 15.9 Å². The average molecular weight is 254 g/mol. The predicted octanol–water partition coefficient (Wildman–Crippen LogP) is 1.02. The SMILES string of the molecule is OBc1cc(Br)cc(N2CCCC2)c1. The molecule has 4 heteroatoms. The molecule has 0 saturated carbocycles. The van der Waals surface area contributed by atoms with Gasteiger partial charge in [0.1, 0.15) is 0 Å². The van der Waals surface area contributed by atoms with E-state index >= 15 is 0 Å². The first kappa shape index (κ1) is 10.1. The second-order valence-corrected chi connectivity index (χ2v) is 4.59. The van der Waals surface area contributed by atoms with Gasteiger partial charge in [-0.05, 0) is 30.4 Å². The van der Waals surface area contributed by atoms with Crippen LogP contribution in [0.25, 0.3) is 0 Å². The summed E-state index contributed by atoms with van der Waals surface area (Å²) in [4.78, 5) is 2.37. The number of anilines is 1. The van der Waals surface area contributed by atoms with Crippen LogP contribution in [0.15, 0.2) is 22.7 Å². The lowest BCUT2D eigenvalue weighted by atomic mass is 9.88. The molecular formula is C10H13BBrNO. The van der Waals surface area contributed by atoms with E-state index in [9.17, 15) is 0 Å². The van der Waals surface area contributed by atoms with Crippen molar-refractivity contribution in [2.75, 3.05) is 18.0 Å². The molecule has 0 amide bonds. The molecule has 0 spiro atoms. The van der Waals surface area contributed by atoms with E-state index in [0.717, 1.165) is 23.0 Å². The molecule has 0 radical (unpaired) electrons. The lowest BCUT2D eigenvalue weighted by molar-refractivity contribution is 0.615. The average Bonchev–Trinajstić information content (AvgIpc) is 2.69. The molecule has 2 rings (SSSR count). The molecule has 1 aromatic rings. The van der Waals surface area contributed by atoms with Crippen LogP contribution in [0.2, 0.25) is 0 Å². The van der Waals surface area contributed by atoms with Crippen molar-refractivity contribution in [1.82, 2.24) is 0 Å². The minimum absolute atomic E-state index is 0.111. The second-order valence-electron chi connectivity index (χ2n) is 3.67. The zero-order valence-electron chi connectivity index (χ0n) is 8.04. The first-order valence-electron chi connectivity index (χ1n) is 4.95. The normalized spacial score (nSPS) is 16.0. The summed E-state index contributed by atoms with van der Waals surface area (Å²) in [6, 6.07) is 6.14. The summed E-state index contributed by atoms with van der Waals surface area (Å²) in [7, 11) is 0.111. The van der Waals surface area contributed by atoms with Gasteiger partial charge in [-0.25, -0.2) is 0 Å². The number of benzene rings is 1. The van der Waals surface area contributed by atoms with E-state index in [0.29, 0.717) is 0 Å². The van der Waals surface area contributed by atoms with Crippen molar-refractivity contribution in [2.45, 2.75) is 12.8 Å². The van der Waals surface area contributed by atoms with E-state index in [1.165, 1.54) is 18.5 Å². The van der Waals surface area contributed by atoms with Gasteiger partial charge < -0.3 is 9.92 Å². The van der Waals surface area contributed by atoms with Gasteiger partial charge in [-0.3, -0.25) is 0 Å². The summed E-state index contributed by atoms with van der Waals surface area (Å²) >= 11 is 3.46. The first-order valence-corrected chi connectivity index (χ1v) is 5.74. The monoisotopic (exact) mass is 253 g/mol. The van der Waals surface area contributed by atoms with E-state index in [-0.39, 0.29) is 7.48 Å². The van der Waals surface area contributed by atoms with Gasteiger partial charge in [0.25, 0.3) is 0 Å². The Balaban J connectivity index is 2.27. The second kappa shape index (κ2) is 4.36. The van der Waals surface area contributed by atoms with Gasteiger partial charge in [-0.1, -0.05) is 22.0 Å². The van der Waals surface area contributed by atoms with Crippen molar-refractivity contribution < 1.29 is 5.02 Å². The van der Waals surface area contributed by atoms with Crippen LogP contribution in [-0.2, 0) is 0 Å². The Morgan fingerprint density at radius 3 is 2.57 bits per heavy atom. The van der Waals surface area contributed by atoms with E-state index in [1.807, 2.05) is 6.07 Å². The molecule has 1 N–H and O–H groups in total. The maximum atomic E-state index is 9.09. The number of rotatable bonds is 2. The highest BCUT2D eigenvalue weighted by molar-refractivity contribution is 9.10. The Morgan fingerprint density at radius 1 is 1.21 bits per heavy atom. The minimum atomic E-state index is 0.111. The van der Waals surface area contributed by atoms with Gasteiger partial charge in [0.05, 0.1) is 0 Å². The van der Waals surface area contributed by atoms with Crippen molar-refractivity contribution in [3.05, 3.63) is 22.7 Å². The largest absolute Gasteiger partial charge is 0.449 e. The van der Waals surface area contributed by atoms with Crippen LogP contribution in [0.3, 0.4) is 0 Å².